The van der Waals surface area contributed by atoms with E-state index >= 15 is 0 Å². The molecule has 0 spiro atoms. The van der Waals surface area contributed by atoms with Crippen LogP contribution in [-0.4, -0.2) is 16.8 Å². The minimum Gasteiger partial charge on any atom is -0.320 e. The van der Waals surface area contributed by atoms with Crippen LogP contribution >= 0.6 is 0 Å². The molecule has 0 aliphatic carbocycles. The van der Waals surface area contributed by atoms with E-state index in [4.69, 9.17) is 5.26 Å². The molecule has 1 heterocycles. The molecule has 2 N–H and O–H groups in total. The fourth-order valence-corrected chi connectivity index (χ4v) is 2.70. The van der Waals surface area contributed by atoms with Crippen molar-refractivity contribution in [3.05, 3.63) is 88.7 Å². The minimum absolute atomic E-state index is 0.0843. The number of para-hydroxylation sites is 1. The van der Waals surface area contributed by atoms with Gasteiger partial charge in [-0.2, -0.15) is 5.26 Å². The Kier molecular flexibility index (Phi) is 5.47. The van der Waals surface area contributed by atoms with Crippen molar-refractivity contribution in [1.29, 1.82) is 5.26 Å². The summed E-state index contributed by atoms with van der Waals surface area (Å²) < 4.78 is 0. The average molecular weight is 370 g/mol. The average Bonchev–Trinajstić information content (AvgIpc) is 2.70. The van der Waals surface area contributed by atoms with E-state index < -0.39 is 11.8 Å². The molecule has 6 heteroatoms. The highest BCUT2D eigenvalue weighted by Crippen LogP contribution is 2.17. The van der Waals surface area contributed by atoms with Crippen molar-refractivity contribution in [3.8, 4) is 6.07 Å². The first-order chi connectivity index (χ1) is 13.5. The van der Waals surface area contributed by atoms with Crippen molar-refractivity contribution < 1.29 is 9.59 Å². The quantitative estimate of drug-likeness (QED) is 0.723. The van der Waals surface area contributed by atoms with Gasteiger partial charge in [0.05, 0.1) is 11.3 Å². The van der Waals surface area contributed by atoms with E-state index in [0.29, 0.717) is 16.9 Å². The van der Waals surface area contributed by atoms with Crippen molar-refractivity contribution in [2.45, 2.75) is 13.8 Å². The summed E-state index contributed by atoms with van der Waals surface area (Å²) in [6.07, 6.45) is 0. The van der Waals surface area contributed by atoms with Crippen LogP contribution in [0.25, 0.3) is 0 Å². The van der Waals surface area contributed by atoms with Crippen LogP contribution in [0.15, 0.2) is 60.7 Å². The molecule has 0 atom stereocenters. The van der Waals surface area contributed by atoms with Crippen LogP contribution in [0, 0.1) is 25.2 Å². The molecule has 0 radical (unpaired) electrons. The predicted molar refractivity (Wildman–Crippen MR) is 107 cm³/mol. The molecule has 138 valence electrons. The molecule has 0 aliphatic rings. The summed E-state index contributed by atoms with van der Waals surface area (Å²) in [5, 5.41) is 14.6. The Morgan fingerprint density at radius 2 is 1.50 bits per heavy atom. The van der Waals surface area contributed by atoms with Gasteiger partial charge in [-0.3, -0.25) is 9.59 Å². The van der Waals surface area contributed by atoms with E-state index in [-0.39, 0.29) is 11.4 Å². The number of amides is 2. The Balaban J connectivity index is 1.78. The summed E-state index contributed by atoms with van der Waals surface area (Å²) in [5.74, 6) is -0.900. The molecule has 0 bridgehead atoms. The summed E-state index contributed by atoms with van der Waals surface area (Å²) in [6, 6.07) is 19.0. The van der Waals surface area contributed by atoms with Gasteiger partial charge in [0.2, 0.25) is 0 Å². The largest absolute Gasteiger partial charge is 0.320 e. The van der Waals surface area contributed by atoms with Crippen molar-refractivity contribution in [3.63, 3.8) is 0 Å². The predicted octanol–water partition coefficient (Wildman–Crippen LogP) is 4.07. The molecule has 2 aromatic carbocycles. The third-order valence-corrected chi connectivity index (χ3v) is 4.14. The zero-order chi connectivity index (χ0) is 20.1. The lowest BCUT2D eigenvalue weighted by Crippen LogP contribution is -2.19. The highest BCUT2D eigenvalue weighted by molar-refractivity contribution is 6.06. The Hall–Kier alpha value is -3.98. The first-order valence-electron chi connectivity index (χ1n) is 8.64. The van der Waals surface area contributed by atoms with Gasteiger partial charge < -0.3 is 10.6 Å². The van der Waals surface area contributed by atoms with Crippen molar-refractivity contribution in [2.75, 3.05) is 10.6 Å². The Labute approximate surface area is 162 Å². The van der Waals surface area contributed by atoms with Crippen LogP contribution in [0.2, 0.25) is 0 Å². The highest BCUT2D eigenvalue weighted by atomic mass is 16.2. The number of aromatic nitrogens is 1. The SMILES string of the molecule is Cc1ccc(NC(=O)c2cccc(C(=O)Nc3ccccc3C#N)n2)c(C)c1. The normalized spacial score (nSPS) is 10.0. The fraction of sp³-hybridized carbons (Fsp3) is 0.0909. The van der Waals surface area contributed by atoms with Gasteiger partial charge in [0.1, 0.15) is 17.5 Å². The molecular weight excluding hydrogens is 352 g/mol. The van der Waals surface area contributed by atoms with Gasteiger partial charge in [0.15, 0.2) is 0 Å². The number of rotatable bonds is 4. The summed E-state index contributed by atoms with van der Waals surface area (Å²) in [4.78, 5) is 29.2. The summed E-state index contributed by atoms with van der Waals surface area (Å²) in [5.41, 5.74) is 3.68. The van der Waals surface area contributed by atoms with Gasteiger partial charge in [0.25, 0.3) is 11.8 Å². The highest BCUT2D eigenvalue weighted by Gasteiger charge is 2.14. The lowest BCUT2D eigenvalue weighted by Gasteiger charge is -2.10. The van der Waals surface area contributed by atoms with E-state index in [9.17, 15) is 9.59 Å². The van der Waals surface area contributed by atoms with Crippen LogP contribution in [-0.2, 0) is 0 Å². The van der Waals surface area contributed by atoms with E-state index in [0.717, 1.165) is 11.1 Å². The van der Waals surface area contributed by atoms with Crippen LogP contribution < -0.4 is 10.6 Å². The van der Waals surface area contributed by atoms with E-state index in [1.165, 1.54) is 6.07 Å². The summed E-state index contributed by atoms with van der Waals surface area (Å²) in [7, 11) is 0. The number of hydrogen-bond donors (Lipinski definition) is 2. The third kappa shape index (κ3) is 4.22. The number of anilines is 2. The van der Waals surface area contributed by atoms with E-state index in [1.807, 2.05) is 38.1 Å². The second kappa shape index (κ2) is 8.14. The maximum Gasteiger partial charge on any atom is 0.274 e. The number of carbonyl (C=O) groups is 2. The van der Waals surface area contributed by atoms with E-state index in [1.54, 1.807) is 36.4 Å². The molecule has 0 unspecified atom stereocenters. The van der Waals surface area contributed by atoms with Crippen LogP contribution in [0.3, 0.4) is 0 Å². The van der Waals surface area contributed by atoms with Crippen LogP contribution in [0.4, 0.5) is 11.4 Å². The molecule has 6 nitrogen and oxygen atoms in total. The zero-order valence-corrected chi connectivity index (χ0v) is 15.5. The molecule has 3 rings (SSSR count). The lowest BCUT2D eigenvalue weighted by molar-refractivity contribution is 0.101. The maximum atomic E-state index is 12.5. The zero-order valence-electron chi connectivity index (χ0n) is 15.5. The molecule has 0 aliphatic heterocycles. The first kappa shape index (κ1) is 18.8. The fourth-order valence-electron chi connectivity index (χ4n) is 2.70. The van der Waals surface area contributed by atoms with Crippen LogP contribution in [0.1, 0.15) is 37.7 Å². The molecule has 0 fully saturated rings. The second-order valence-electron chi connectivity index (χ2n) is 6.29. The van der Waals surface area contributed by atoms with Gasteiger partial charge in [-0.15, -0.1) is 0 Å². The van der Waals surface area contributed by atoms with Crippen LogP contribution in [0.5, 0.6) is 0 Å². The number of nitrogens with one attached hydrogen (secondary N) is 2. The monoisotopic (exact) mass is 370 g/mol. The summed E-state index contributed by atoms with van der Waals surface area (Å²) >= 11 is 0. The second-order valence-corrected chi connectivity index (χ2v) is 6.29. The third-order valence-electron chi connectivity index (χ3n) is 4.14. The number of pyridine rings is 1. The molecule has 0 saturated carbocycles. The molecule has 3 aromatic rings. The van der Waals surface area contributed by atoms with Crippen molar-refractivity contribution >= 4 is 23.2 Å². The topological polar surface area (TPSA) is 94.9 Å². The van der Waals surface area contributed by atoms with Gasteiger partial charge in [-0.1, -0.05) is 35.9 Å². The van der Waals surface area contributed by atoms with Gasteiger partial charge in [0, 0.05) is 5.69 Å². The Morgan fingerprint density at radius 3 is 2.14 bits per heavy atom. The number of carbonyl (C=O) groups excluding carboxylic acids is 2. The van der Waals surface area contributed by atoms with E-state index in [2.05, 4.69) is 15.6 Å². The molecule has 28 heavy (non-hydrogen) atoms. The lowest BCUT2D eigenvalue weighted by atomic mass is 10.1. The number of nitrogens with zero attached hydrogens (tertiary/aromatic N) is 2. The van der Waals surface area contributed by atoms with Gasteiger partial charge in [-0.25, -0.2) is 4.98 Å². The Bertz CT molecular complexity index is 1100. The first-order valence-corrected chi connectivity index (χ1v) is 8.64. The number of aryl methyl sites for hydroxylation is 2. The smallest absolute Gasteiger partial charge is 0.274 e. The Morgan fingerprint density at radius 1 is 0.857 bits per heavy atom. The van der Waals surface area contributed by atoms with Gasteiger partial charge >= 0.3 is 0 Å². The van der Waals surface area contributed by atoms with Crippen molar-refractivity contribution in [2.24, 2.45) is 0 Å². The standard InChI is InChI=1S/C22H18N4O2/c1-14-10-11-17(15(2)12-14)25-21(27)19-8-5-9-20(24-19)22(28)26-18-7-4-3-6-16(18)13-23/h3-12H,1-2H3,(H,25,27)(H,26,28). The molecule has 0 saturated heterocycles. The summed E-state index contributed by atoms with van der Waals surface area (Å²) in [6.45, 7) is 3.89. The molecular formula is C22H18N4O2. The molecule has 1 aromatic heterocycles. The maximum absolute atomic E-state index is 12.5. The molecule has 2 amide bonds. The number of hydrogen-bond acceptors (Lipinski definition) is 4. The van der Waals surface area contributed by atoms with Crippen molar-refractivity contribution in [1.82, 2.24) is 4.98 Å². The van der Waals surface area contributed by atoms with Gasteiger partial charge in [-0.05, 0) is 49.7 Å². The minimum atomic E-state index is -0.496. The number of benzene rings is 2. The number of nitriles is 1.